The standard InChI is InChI=1S/C16H24N2O2/c1-3-9-18-11-14(13-7-5-4-6-8-13)10-15(12-18)17-16(19)20-2/h4-8,14-15H,3,9-12H2,1-2H3,(H,17,19). The van der Waals surface area contributed by atoms with Crippen molar-refractivity contribution in [3.8, 4) is 0 Å². The van der Waals surface area contributed by atoms with Gasteiger partial charge in [0.1, 0.15) is 0 Å². The van der Waals surface area contributed by atoms with E-state index in [9.17, 15) is 4.79 Å². The van der Waals surface area contributed by atoms with Gasteiger partial charge < -0.3 is 15.0 Å². The second-order valence-corrected chi connectivity index (χ2v) is 5.44. The molecule has 4 nitrogen and oxygen atoms in total. The zero-order valence-electron chi connectivity index (χ0n) is 12.3. The number of nitrogens with zero attached hydrogens (tertiary/aromatic N) is 1. The number of rotatable bonds is 4. The van der Waals surface area contributed by atoms with Gasteiger partial charge in [0, 0.05) is 19.1 Å². The fraction of sp³-hybridized carbons (Fsp3) is 0.562. The van der Waals surface area contributed by atoms with Crippen LogP contribution in [0.1, 0.15) is 31.2 Å². The molecule has 0 saturated carbocycles. The smallest absolute Gasteiger partial charge is 0.407 e. The summed E-state index contributed by atoms with van der Waals surface area (Å²) in [5.74, 6) is 0.471. The van der Waals surface area contributed by atoms with E-state index in [1.807, 2.05) is 6.07 Å². The predicted octanol–water partition coefficient (Wildman–Crippen LogP) is 2.61. The first-order chi connectivity index (χ1) is 9.72. The van der Waals surface area contributed by atoms with Crippen LogP contribution in [0.3, 0.4) is 0 Å². The van der Waals surface area contributed by atoms with Gasteiger partial charge in [-0.15, -0.1) is 0 Å². The molecule has 1 saturated heterocycles. The van der Waals surface area contributed by atoms with Crippen LogP contribution in [-0.2, 0) is 4.74 Å². The van der Waals surface area contributed by atoms with Gasteiger partial charge in [0.15, 0.2) is 0 Å². The Morgan fingerprint density at radius 3 is 2.75 bits per heavy atom. The second-order valence-electron chi connectivity index (χ2n) is 5.44. The van der Waals surface area contributed by atoms with Gasteiger partial charge in [-0.3, -0.25) is 0 Å². The van der Waals surface area contributed by atoms with Crippen molar-refractivity contribution in [1.82, 2.24) is 10.2 Å². The molecule has 0 bridgehead atoms. The first-order valence-corrected chi connectivity index (χ1v) is 7.34. The molecule has 2 atom stereocenters. The van der Waals surface area contributed by atoms with Crippen molar-refractivity contribution in [2.75, 3.05) is 26.7 Å². The van der Waals surface area contributed by atoms with E-state index in [1.165, 1.54) is 12.7 Å². The number of piperidine rings is 1. The fourth-order valence-electron chi connectivity index (χ4n) is 2.99. The Bertz CT molecular complexity index is 422. The van der Waals surface area contributed by atoms with Gasteiger partial charge in [0.05, 0.1) is 7.11 Å². The highest BCUT2D eigenvalue weighted by atomic mass is 16.5. The third kappa shape index (κ3) is 3.97. The maximum absolute atomic E-state index is 11.4. The molecule has 1 aromatic carbocycles. The number of carbonyl (C=O) groups is 1. The summed E-state index contributed by atoms with van der Waals surface area (Å²) in [5, 5.41) is 2.95. The topological polar surface area (TPSA) is 41.6 Å². The number of ether oxygens (including phenoxy) is 1. The van der Waals surface area contributed by atoms with E-state index in [0.29, 0.717) is 5.92 Å². The van der Waals surface area contributed by atoms with E-state index >= 15 is 0 Å². The molecule has 1 fully saturated rings. The molecule has 1 aliphatic rings. The van der Waals surface area contributed by atoms with Crippen LogP contribution in [-0.4, -0.2) is 43.8 Å². The molecule has 0 radical (unpaired) electrons. The Balaban J connectivity index is 2.06. The normalized spacial score (nSPS) is 23.3. The number of hydrogen-bond acceptors (Lipinski definition) is 3. The Morgan fingerprint density at radius 1 is 1.35 bits per heavy atom. The maximum atomic E-state index is 11.4. The number of methoxy groups -OCH3 is 1. The van der Waals surface area contributed by atoms with Gasteiger partial charge >= 0.3 is 6.09 Å². The summed E-state index contributed by atoms with van der Waals surface area (Å²) in [6, 6.07) is 10.7. The average molecular weight is 276 g/mol. The highest BCUT2D eigenvalue weighted by Crippen LogP contribution is 2.27. The van der Waals surface area contributed by atoms with E-state index in [1.54, 1.807) is 0 Å². The maximum Gasteiger partial charge on any atom is 0.407 e. The summed E-state index contributed by atoms with van der Waals surface area (Å²) in [6.07, 6.45) is 1.77. The van der Waals surface area contributed by atoms with Crippen LogP contribution in [0.2, 0.25) is 0 Å². The Morgan fingerprint density at radius 2 is 2.10 bits per heavy atom. The molecule has 1 aromatic rings. The minimum atomic E-state index is -0.333. The van der Waals surface area contributed by atoms with E-state index < -0.39 is 0 Å². The first kappa shape index (κ1) is 14.9. The van der Waals surface area contributed by atoms with Crippen molar-refractivity contribution in [1.29, 1.82) is 0 Å². The quantitative estimate of drug-likeness (QED) is 0.919. The van der Waals surface area contributed by atoms with Gasteiger partial charge in [-0.05, 0) is 30.9 Å². The Kier molecular flexibility index (Phi) is 5.41. The molecule has 0 spiro atoms. The van der Waals surface area contributed by atoms with Gasteiger partial charge in [-0.25, -0.2) is 4.79 Å². The molecular weight excluding hydrogens is 252 g/mol. The molecule has 1 aliphatic heterocycles. The first-order valence-electron chi connectivity index (χ1n) is 7.34. The van der Waals surface area contributed by atoms with Crippen molar-refractivity contribution >= 4 is 6.09 Å². The lowest BCUT2D eigenvalue weighted by Gasteiger charge is -2.38. The third-order valence-electron chi connectivity index (χ3n) is 3.84. The highest BCUT2D eigenvalue weighted by molar-refractivity contribution is 5.67. The highest BCUT2D eigenvalue weighted by Gasteiger charge is 2.28. The fourth-order valence-corrected chi connectivity index (χ4v) is 2.99. The summed E-state index contributed by atoms with van der Waals surface area (Å²) in [4.78, 5) is 13.9. The van der Waals surface area contributed by atoms with Crippen LogP contribution in [0, 0.1) is 0 Å². The van der Waals surface area contributed by atoms with E-state index in [4.69, 9.17) is 4.74 Å². The number of benzene rings is 1. The summed E-state index contributed by atoms with van der Waals surface area (Å²) >= 11 is 0. The lowest BCUT2D eigenvalue weighted by Crippen LogP contribution is -2.50. The van der Waals surface area contributed by atoms with Crippen LogP contribution < -0.4 is 5.32 Å². The lowest BCUT2D eigenvalue weighted by atomic mass is 9.88. The zero-order valence-corrected chi connectivity index (χ0v) is 12.3. The molecule has 2 rings (SSSR count). The molecule has 1 amide bonds. The van der Waals surface area contributed by atoms with Crippen LogP contribution in [0.5, 0.6) is 0 Å². The molecule has 4 heteroatoms. The van der Waals surface area contributed by atoms with Crippen LogP contribution >= 0.6 is 0 Å². The minimum Gasteiger partial charge on any atom is -0.453 e. The van der Waals surface area contributed by atoms with Crippen molar-refractivity contribution in [2.45, 2.75) is 31.7 Å². The number of nitrogens with one attached hydrogen (secondary N) is 1. The molecule has 0 aliphatic carbocycles. The average Bonchev–Trinajstić information content (AvgIpc) is 2.48. The number of amides is 1. The summed E-state index contributed by atoms with van der Waals surface area (Å²) in [5.41, 5.74) is 1.35. The van der Waals surface area contributed by atoms with Gasteiger partial charge in [0.2, 0.25) is 0 Å². The monoisotopic (exact) mass is 276 g/mol. The van der Waals surface area contributed by atoms with Crippen LogP contribution in [0.4, 0.5) is 4.79 Å². The molecular formula is C16H24N2O2. The number of alkyl carbamates (subject to hydrolysis) is 1. The Hall–Kier alpha value is -1.55. The van der Waals surface area contributed by atoms with Crippen molar-refractivity contribution < 1.29 is 9.53 Å². The van der Waals surface area contributed by atoms with Crippen molar-refractivity contribution in [3.63, 3.8) is 0 Å². The minimum absolute atomic E-state index is 0.160. The third-order valence-corrected chi connectivity index (χ3v) is 3.84. The number of likely N-dealkylation sites (tertiary alicyclic amines) is 1. The molecule has 2 unspecified atom stereocenters. The largest absolute Gasteiger partial charge is 0.453 e. The van der Waals surface area contributed by atoms with E-state index in [-0.39, 0.29) is 12.1 Å². The second kappa shape index (κ2) is 7.29. The molecule has 1 heterocycles. The molecule has 20 heavy (non-hydrogen) atoms. The molecule has 0 aromatic heterocycles. The van der Waals surface area contributed by atoms with Crippen molar-refractivity contribution in [2.24, 2.45) is 0 Å². The van der Waals surface area contributed by atoms with Gasteiger partial charge in [-0.1, -0.05) is 37.3 Å². The molecule has 110 valence electrons. The van der Waals surface area contributed by atoms with Gasteiger partial charge in [0.25, 0.3) is 0 Å². The SMILES string of the molecule is CCCN1CC(NC(=O)OC)CC(c2ccccc2)C1. The number of hydrogen-bond donors (Lipinski definition) is 1. The van der Waals surface area contributed by atoms with Crippen molar-refractivity contribution in [3.05, 3.63) is 35.9 Å². The summed E-state index contributed by atoms with van der Waals surface area (Å²) < 4.78 is 4.72. The van der Waals surface area contributed by atoms with Crippen LogP contribution in [0.25, 0.3) is 0 Å². The zero-order chi connectivity index (χ0) is 14.4. The van der Waals surface area contributed by atoms with Crippen LogP contribution in [0.15, 0.2) is 30.3 Å². The lowest BCUT2D eigenvalue weighted by molar-refractivity contribution is 0.141. The predicted molar refractivity (Wildman–Crippen MR) is 79.9 cm³/mol. The number of carbonyl (C=O) groups excluding carboxylic acids is 1. The molecule has 1 N–H and O–H groups in total. The van der Waals surface area contributed by atoms with Gasteiger partial charge in [-0.2, -0.15) is 0 Å². The van der Waals surface area contributed by atoms with E-state index in [0.717, 1.165) is 32.5 Å². The van der Waals surface area contributed by atoms with E-state index in [2.05, 4.69) is 41.4 Å². The summed E-state index contributed by atoms with van der Waals surface area (Å²) in [7, 11) is 1.41. The summed E-state index contributed by atoms with van der Waals surface area (Å²) in [6.45, 7) is 5.24. The Labute approximate surface area is 121 Å².